The predicted octanol–water partition coefficient (Wildman–Crippen LogP) is -3.05. The Morgan fingerprint density at radius 1 is 0.555 bits per heavy atom. The Kier molecular flexibility index (Phi) is 61.0. The molecule has 8 aliphatic heterocycles. The summed E-state index contributed by atoms with van der Waals surface area (Å²) in [7, 11) is 15.7. The van der Waals surface area contributed by atoms with Gasteiger partial charge in [0.15, 0.2) is 30.3 Å². The number of hydrogen-bond acceptors (Lipinski definition) is 36. The molecular weight excluding hydrogens is 2020 g/mol. The van der Waals surface area contributed by atoms with Gasteiger partial charge in [-0.25, -0.2) is 8.42 Å². The molecule has 0 amide bonds. The van der Waals surface area contributed by atoms with Crippen molar-refractivity contribution in [1.29, 1.82) is 0 Å². The molecule has 23 atom stereocenters. The number of esters is 5. The summed E-state index contributed by atoms with van der Waals surface area (Å²) >= 11 is 0. The van der Waals surface area contributed by atoms with Crippen LogP contribution in [-0.2, 0) is 156 Å². The van der Waals surface area contributed by atoms with E-state index in [0.29, 0.717) is 19.4 Å². The zero-order valence-electron chi connectivity index (χ0n) is 70.2. The molecule has 8 heterocycles. The fourth-order valence-corrected chi connectivity index (χ4v) is 12.9. The second kappa shape index (κ2) is 56.0. The van der Waals surface area contributed by atoms with Crippen LogP contribution in [0.2, 0.25) is 0 Å². The molecule has 0 aromatic rings. The second-order valence-corrected chi connectivity index (χ2v) is 28.7. The minimum absolute atomic E-state index is 0. The topological polar surface area (TPSA) is 459 Å². The van der Waals surface area contributed by atoms with Gasteiger partial charge in [-0.15, -0.1) is 0 Å². The van der Waals surface area contributed by atoms with E-state index in [2.05, 4.69) is 27.2 Å². The monoisotopic (exact) mass is 2140 g/mol. The van der Waals surface area contributed by atoms with Crippen molar-refractivity contribution in [2.75, 3.05) is 83.5 Å². The molecule has 0 spiro atoms. The van der Waals surface area contributed by atoms with Crippen molar-refractivity contribution in [3.63, 3.8) is 0 Å². The number of halogens is 1. The van der Waals surface area contributed by atoms with Gasteiger partial charge in [-0.3, -0.25) is 33.6 Å². The number of carbonyl (C=O) groups excluding carboxylic acids is 6. The van der Waals surface area contributed by atoms with Gasteiger partial charge in [-0.2, -0.15) is 13.2 Å². The molecule has 37 nitrogen and oxygen atoms in total. The maximum Gasteiger partial charge on any atom is 1.00 e. The summed E-state index contributed by atoms with van der Waals surface area (Å²) in [5, 5.41) is 35.1. The summed E-state index contributed by atoms with van der Waals surface area (Å²) in [5.74, 6) is -4.66. The molecule has 110 heavy (non-hydrogen) atoms. The number of carboxylic acids is 1. The van der Waals surface area contributed by atoms with Gasteiger partial charge in [-0.05, 0) is 87.7 Å². The average molecular weight is 2140 g/mol. The third kappa shape index (κ3) is 34.3. The summed E-state index contributed by atoms with van der Waals surface area (Å²) in [4.78, 5) is 73.5. The molecule has 1 unspecified atom stereocenters. The first-order valence-corrected chi connectivity index (χ1v) is 36.3. The van der Waals surface area contributed by atoms with Gasteiger partial charge in [0, 0.05) is 185 Å². The van der Waals surface area contributed by atoms with Crippen molar-refractivity contribution in [3.05, 3.63) is 13.2 Å². The number of aliphatic carboxylic acids is 1. The van der Waals surface area contributed by atoms with Crippen molar-refractivity contribution in [2.45, 2.75) is 294 Å². The Bertz CT molecular complexity index is 2710. The number of ether oxygens (including phenoxy) is 23. The van der Waals surface area contributed by atoms with Crippen LogP contribution in [-0.4, -0.2) is 299 Å². The van der Waals surface area contributed by atoms with E-state index in [0.717, 1.165) is 19.6 Å². The first-order valence-electron chi connectivity index (χ1n) is 33.6. The molecule has 2 bridgehead atoms. The molecule has 0 aromatic carbocycles. The van der Waals surface area contributed by atoms with Crippen LogP contribution in [0, 0.1) is 75.4 Å². The molecule has 43 heteroatoms. The zero-order valence-corrected chi connectivity index (χ0v) is 85.3. The maximum absolute atomic E-state index is 11.3. The van der Waals surface area contributed by atoms with Crippen LogP contribution in [0.3, 0.4) is 0 Å². The van der Waals surface area contributed by atoms with E-state index in [1.807, 2.05) is 69.2 Å². The number of rotatable bonds is 22. The Hall–Kier alpha value is 1.23. The van der Waals surface area contributed by atoms with Crippen LogP contribution in [0.15, 0.2) is 0 Å². The van der Waals surface area contributed by atoms with Gasteiger partial charge in [0.2, 0.25) is 15.3 Å². The largest absolute Gasteiger partial charge is 1.00 e. The Morgan fingerprint density at radius 3 is 1.18 bits per heavy atom. The number of hydrogen-bond donors (Lipinski definition) is 3. The summed E-state index contributed by atoms with van der Waals surface area (Å²) in [6.45, 7) is 33.1. The molecule has 634 valence electrons. The Labute approximate surface area is 785 Å². The standard InChI is InChI=1S/C14H24O7.C13H24O5.C12H22O6.C12H21O5.C8H13O4.C4H6O3.C2H4O2.CH3ClO2S.CH2O3.2K.2U.H/c1-7-14(8(2)17-5)12(18-6)11(19-9(3)15)13(21-14)20-10(4)16;1-7-13(8(2)14-5)10(15-6)9-11(18-13)17-12(3,4)16-9;1-7(14-4)12(6-13)9(15-5)8-10(18-12)17-11(2,3)16-8;1-6-12(8(2)14-4)11(15-5)10(7-16-12)17-9(3)13;1-5(9)8-4-11-6(3-12-8)7(8)10-2;1-3(5)7-4(2)6;1-2(3)4;1-5(2,3)4;2-1-4-3;;;;;/h8,11-13H,7H2,1-6H3;8-11H,7H2,1-6H3;7-10,13H,6H2,1-5H3;7-8,10-11H,6H2,1-5H3;3,5-7,9H,4H2,1-2H3;1-2H3;1H3,(H,3,4);1H3;1,3H;;;;;/q;;;2*-1;;;;;2*+1;;;-1/p-1/t8-,11+,12-,13?,14+;8-,9+,10-,11-,13+;7-,8+,9-,10-,12+;8-,10-,11-,12+;5-,6-,7-,8+;;;;;;;;;/m00000........./s1. The zero-order chi connectivity index (χ0) is 82.5. The summed E-state index contributed by atoms with van der Waals surface area (Å²) < 4.78 is 145. The number of carboxylic acid groups (broad SMARTS) is 1. The van der Waals surface area contributed by atoms with Crippen LogP contribution in [0.4, 0.5) is 0 Å². The first kappa shape index (κ1) is 120. The third-order valence-corrected chi connectivity index (χ3v) is 18.0. The van der Waals surface area contributed by atoms with E-state index in [9.17, 15) is 42.6 Å². The maximum atomic E-state index is 11.3. The van der Waals surface area contributed by atoms with Gasteiger partial charge in [0.1, 0.15) is 52.9 Å². The van der Waals surface area contributed by atoms with E-state index in [4.69, 9.17) is 124 Å². The Balaban J connectivity index is -0.000000290. The predicted molar refractivity (Wildman–Crippen MR) is 366 cm³/mol. The third-order valence-electron chi connectivity index (χ3n) is 18.0. The molecule has 8 saturated heterocycles. The molecule has 0 aromatic heterocycles. The quantitative estimate of drug-likeness (QED) is 0.0112. The van der Waals surface area contributed by atoms with Crippen molar-refractivity contribution < 1.29 is 343 Å². The van der Waals surface area contributed by atoms with Crippen LogP contribution in [0.1, 0.15) is 145 Å². The minimum Gasteiger partial charge on any atom is -1.00 e. The van der Waals surface area contributed by atoms with Gasteiger partial charge >= 0.3 is 127 Å². The SMILES string of the molecule is CC(=O)O.CC(=O)OC(C)=O.CC[C@]1([C@H](C)OC)OC(OC(C)=O)[C@H](OC(C)=O)[C@@H]1OC.CC[C@]1([C@H](C)OC)O[C@@H]2OC(C)(C)O[C@@H]2[C@@H]1OC.CC[C@]1([C@H](C)OC)O[CH-][C@H](OC(C)=O)[C@@H]1OC.CO[C@@H](C)[C@@]1(CO)O[C@@H]2OC(C)(C)O[C@@H]2[C@@H]1OC.CO[C@H]1[C@@H]2[CH-]O[C@@]1([C@H](C)O)CO2.CS(=O)(=O)Cl.O=CO[O-].[H-].[K+].[K+].[U].[U]. The molecule has 8 aliphatic rings. The average Bonchev–Trinajstić information content (AvgIpc) is 1.53. The number of fused-ring (bicyclic) bond motifs is 4. The number of aliphatic hydroxyl groups excluding tert-OH is 2. The molecule has 0 saturated carbocycles. The van der Waals surface area contributed by atoms with E-state index in [-0.39, 0.29) is 253 Å². The van der Waals surface area contributed by atoms with Gasteiger partial charge in [0.25, 0.3) is 18.4 Å². The van der Waals surface area contributed by atoms with Gasteiger partial charge in [0.05, 0.1) is 67.8 Å². The van der Waals surface area contributed by atoms with Crippen molar-refractivity contribution >= 4 is 62.0 Å². The number of carbonyl (C=O) groups is 7. The van der Waals surface area contributed by atoms with E-state index in [1.165, 1.54) is 48.3 Å². The second-order valence-electron chi connectivity index (χ2n) is 25.6. The van der Waals surface area contributed by atoms with E-state index >= 15 is 0 Å². The summed E-state index contributed by atoms with van der Waals surface area (Å²) in [5.41, 5.74) is -3.63. The molecule has 0 radical (unpaired) electrons. The van der Waals surface area contributed by atoms with Crippen molar-refractivity contribution in [3.8, 4) is 0 Å². The van der Waals surface area contributed by atoms with Crippen molar-refractivity contribution in [1.82, 2.24) is 0 Å². The molecule has 3 N–H and O–H groups in total. The Morgan fingerprint density at radius 2 is 0.900 bits per heavy atom. The normalized spacial score (nSPS) is 32.9. The fraction of sp³-hybridized carbons (Fsp3) is 0.866. The van der Waals surface area contributed by atoms with Gasteiger partial charge in [-0.1, -0.05) is 20.8 Å². The molecule has 0 aliphatic carbocycles. The summed E-state index contributed by atoms with van der Waals surface area (Å²) in [6, 6.07) is 0. The molecule has 8 rings (SSSR count). The first-order chi connectivity index (χ1) is 49.1. The van der Waals surface area contributed by atoms with Crippen LogP contribution in [0.5, 0.6) is 0 Å². The van der Waals surface area contributed by atoms with Gasteiger partial charge < -0.3 is 136 Å². The molecular formula is C67H119ClK2O37SU2-2. The summed E-state index contributed by atoms with van der Waals surface area (Å²) in [6.07, 6.45) is -4.30. The number of aliphatic hydroxyl groups is 2. The number of methoxy groups -OCH3 is 9. The van der Waals surface area contributed by atoms with Crippen LogP contribution >= 0.6 is 10.7 Å². The fourth-order valence-electron chi connectivity index (χ4n) is 12.9. The smallest absolute Gasteiger partial charge is 1.00 e. The van der Waals surface area contributed by atoms with Crippen molar-refractivity contribution in [2.24, 2.45) is 0 Å². The van der Waals surface area contributed by atoms with E-state index in [1.54, 1.807) is 70.4 Å². The van der Waals surface area contributed by atoms with Crippen LogP contribution in [0.25, 0.3) is 0 Å². The molecule has 8 fully saturated rings. The van der Waals surface area contributed by atoms with E-state index < -0.39 is 122 Å². The minimum atomic E-state index is -3.19. The van der Waals surface area contributed by atoms with Crippen LogP contribution < -0.4 is 108 Å².